The lowest BCUT2D eigenvalue weighted by Gasteiger charge is -2.12. The molecule has 4 heteroatoms. The van der Waals surface area contributed by atoms with Crippen LogP contribution in [0.15, 0.2) is 61.4 Å². The number of nitrogens with zero attached hydrogens (tertiary/aromatic N) is 2. The number of hydrogen-bond donors (Lipinski definition) is 1. The van der Waals surface area contributed by atoms with E-state index in [9.17, 15) is 0 Å². The van der Waals surface area contributed by atoms with E-state index in [1.807, 2.05) is 48.5 Å². The second-order valence-electron chi connectivity index (χ2n) is 4.89. The monoisotopic (exact) mass is 291 g/mol. The maximum Gasteiger partial charge on any atom is 0.141 e. The van der Waals surface area contributed by atoms with Crippen LogP contribution in [0.2, 0.25) is 0 Å². The van der Waals surface area contributed by atoms with E-state index in [-0.39, 0.29) is 0 Å². The number of hydrogen-bond acceptors (Lipinski definition) is 4. The normalized spacial score (nSPS) is 10.4. The van der Waals surface area contributed by atoms with E-state index >= 15 is 0 Å². The Morgan fingerprint density at radius 3 is 2.73 bits per heavy atom. The van der Waals surface area contributed by atoms with Crippen molar-refractivity contribution in [2.24, 2.45) is 0 Å². The molecule has 1 N–H and O–H groups in total. The van der Waals surface area contributed by atoms with Gasteiger partial charge in [0.05, 0.1) is 12.6 Å². The van der Waals surface area contributed by atoms with Gasteiger partial charge in [-0.3, -0.25) is 0 Å². The Labute approximate surface area is 129 Å². The largest absolute Gasteiger partial charge is 0.497 e. The molecule has 0 spiro atoms. The maximum atomic E-state index is 5.35. The quantitative estimate of drug-likeness (QED) is 0.719. The van der Waals surface area contributed by atoms with Gasteiger partial charge in [0, 0.05) is 17.1 Å². The lowest BCUT2D eigenvalue weighted by molar-refractivity contribution is 0.415. The zero-order valence-electron chi connectivity index (χ0n) is 12.4. The summed E-state index contributed by atoms with van der Waals surface area (Å²) in [6.45, 7) is 3.83. The van der Waals surface area contributed by atoms with Crippen molar-refractivity contribution in [3.05, 3.63) is 67.0 Å². The summed E-state index contributed by atoms with van der Waals surface area (Å²) >= 11 is 0. The van der Waals surface area contributed by atoms with Crippen molar-refractivity contribution >= 4 is 22.4 Å². The number of para-hydroxylation sites is 1. The van der Waals surface area contributed by atoms with Crippen LogP contribution >= 0.6 is 0 Å². The standard InChI is InChI=1S/C18H17N3O/c1-3-7-13-10-15(22-2)11-16-17(13)18(20-12-19-16)21-14-8-5-4-6-9-14/h3-6,8-12H,1,7H2,2H3,(H,19,20,21). The number of aromatic nitrogens is 2. The summed E-state index contributed by atoms with van der Waals surface area (Å²) in [4.78, 5) is 8.77. The van der Waals surface area contributed by atoms with Crippen LogP contribution in [0.4, 0.5) is 11.5 Å². The van der Waals surface area contributed by atoms with E-state index in [2.05, 4.69) is 21.9 Å². The second kappa shape index (κ2) is 6.26. The molecule has 1 aromatic heterocycles. The fraction of sp³-hybridized carbons (Fsp3) is 0.111. The van der Waals surface area contributed by atoms with Gasteiger partial charge in [0.2, 0.25) is 0 Å². The molecular weight excluding hydrogens is 274 g/mol. The third-order valence-electron chi connectivity index (χ3n) is 3.43. The summed E-state index contributed by atoms with van der Waals surface area (Å²) in [5, 5.41) is 4.35. The number of benzene rings is 2. The molecule has 0 amide bonds. The van der Waals surface area contributed by atoms with Gasteiger partial charge in [0.15, 0.2) is 0 Å². The lowest BCUT2D eigenvalue weighted by atomic mass is 10.0. The molecule has 0 saturated carbocycles. The number of fused-ring (bicyclic) bond motifs is 1. The average molecular weight is 291 g/mol. The van der Waals surface area contributed by atoms with Crippen molar-refractivity contribution in [3.63, 3.8) is 0 Å². The molecule has 3 rings (SSSR count). The molecule has 0 radical (unpaired) electrons. The Hall–Kier alpha value is -2.88. The molecule has 0 bridgehead atoms. The van der Waals surface area contributed by atoms with E-state index < -0.39 is 0 Å². The fourth-order valence-corrected chi connectivity index (χ4v) is 2.43. The Morgan fingerprint density at radius 2 is 2.00 bits per heavy atom. The smallest absolute Gasteiger partial charge is 0.141 e. The zero-order chi connectivity index (χ0) is 15.4. The van der Waals surface area contributed by atoms with Gasteiger partial charge in [-0.1, -0.05) is 24.3 Å². The van der Waals surface area contributed by atoms with Gasteiger partial charge in [0.1, 0.15) is 17.9 Å². The number of methoxy groups -OCH3 is 1. The van der Waals surface area contributed by atoms with E-state index in [4.69, 9.17) is 4.74 Å². The highest BCUT2D eigenvalue weighted by Gasteiger charge is 2.11. The number of rotatable bonds is 5. The van der Waals surface area contributed by atoms with Crippen LogP contribution in [0.3, 0.4) is 0 Å². The predicted molar refractivity (Wildman–Crippen MR) is 89.7 cm³/mol. The second-order valence-corrected chi connectivity index (χ2v) is 4.89. The third kappa shape index (κ3) is 2.76. The van der Waals surface area contributed by atoms with E-state index in [1.54, 1.807) is 13.4 Å². The molecule has 0 saturated heterocycles. The molecule has 0 aliphatic heterocycles. The Bertz CT molecular complexity index is 800. The van der Waals surface area contributed by atoms with Gasteiger partial charge >= 0.3 is 0 Å². The van der Waals surface area contributed by atoms with Crippen LogP contribution in [0.1, 0.15) is 5.56 Å². The van der Waals surface area contributed by atoms with Gasteiger partial charge in [-0.2, -0.15) is 0 Å². The minimum atomic E-state index is 0.727. The maximum absolute atomic E-state index is 5.35. The highest BCUT2D eigenvalue weighted by atomic mass is 16.5. The Balaban J connectivity index is 2.15. The molecular formula is C18H17N3O. The van der Waals surface area contributed by atoms with Crippen molar-refractivity contribution in [1.29, 1.82) is 0 Å². The summed E-state index contributed by atoms with van der Waals surface area (Å²) in [7, 11) is 1.66. The number of nitrogens with one attached hydrogen (secondary N) is 1. The minimum absolute atomic E-state index is 0.727. The highest BCUT2D eigenvalue weighted by molar-refractivity contribution is 5.94. The summed E-state index contributed by atoms with van der Waals surface area (Å²) < 4.78 is 5.35. The summed E-state index contributed by atoms with van der Waals surface area (Å²) in [5.74, 6) is 1.57. The lowest BCUT2D eigenvalue weighted by Crippen LogP contribution is -1.99. The van der Waals surface area contributed by atoms with Crippen molar-refractivity contribution in [3.8, 4) is 5.75 Å². The van der Waals surface area contributed by atoms with Gasteiger partial charge in [-0.15, -0.1) is 6.58 Å². The number of ether oxygens (including phenoxy) is 1. The SMILES string of the molecule is C=CCc1cc(OC)cc2ncnc(Nc3ccccc3)c12. The molecule has 0 atom stereocenters. The van der Waals surface area contributed by atoms with Crippen LogP contribution in [0.5, 0.6) is 5.75 Å². The van der Waals surface area contributed by atoms with Crippen molar-refractivity contribution in [2.75, 3.05) is 12.4 Å². The first-order valence-corrected chi connectivity index (χ1v) is 7.06. The molecule has 0 unspecified atom stereocenters. The van der Waals surface area contributed by atoms with Gasteiger partial charge < -0.3 is 10.1 Å². The van der Waals surface area contributed by atoms with Crippen LogP contribution in [0, 0.1) is 0 Å². The van der Waals surface area contributed by atoms with Gasteiger partial charge in [0.25, 0.3) is 0 Å². The van der Waals surface area contributed by atoms with Crippen LogP contribution in [0.25, 0.3) is 10.9 Å². The molecule has 2 aromatic carbocycles. The Kier molecular flexibility index (Phi) is 4.01. The fourth-order valence-electron chi connectivity index (χ4n) is 2.43. The summed E-state index contributed by atoms with van der Waals surface area (Å²) in [5.41, 5.74) is 2.93. The van der Waals surface area contributed by atoms with Crippen LogP contribution in [-0.2, 0) is 6.42 Å². The third-order valence-corrected chi connectivity index (χ3v) is 3.43. The van der Waals surface area contributed by atoms with Crippen LogP contribution in [-0.4, -0.2) is 17.1 Å². The first-order chi connectivity index (χ1) is 10.8. The molecule has 4 nitrogen and oxygen atoms in total. The molecule has 0 aliphatic rings. The van der Waals surface area contributed by atoms with E-state index in [1.165, 1.54) is 0 Å². The molecule has 110 valence electrons. The number of anilines is 2. The van der Waals surface area contributed by atoms with E-state index in [0.29, 0.717) is 0 Å². The number of allylic oxidation sites excluding steroid dienone is 1. The topological polar surface area (TPSA) is 47.0 Å². The molecule has 0 fully saturated rings. The van der Waals surface area contributed by atoms with Crippen molar-refractivity contribution in [1.82, 2.24) is 9.97 Å². The van der Waals surface area contributed by atoms with E-state index in [0.717, 1.165) is 40.1 Å². The zero-order valence-corrected chi connectivity index (χ0v) is 12.4. The summed E-state index contributed by atoms with van der Waals surface area (Å²) in [6, 6.07) is 13.9. The van der Waals surface area contributed by atoms with Gasteiger partial charge in [-0.25, -0.2) is 9.97 Å². The first kappa shape index (κ1) is 14.1. The predicted octanol–water partition coefficient (Wildman–Crippen LogP) is 4.11. The molecule has 3 aromatic rings. The molecule has 0 aliphatic carbocycles. The average Bonchev–Trinajstić information content (AvgIpc) is 2.56. The van der Waals surface area contributed by atoms with Crippen molar-refractivity contribution in [2.45, 2.75) is 6.42 Å². The highest BCUT2D eigenvalue weighted by Crippen LogP contribution is 2.30. The Morgan fingerprint density at radius 1 is 1.18 bits per heavy atom. The molecule has 22 heavy (non-hydrogen) atoms. The van der Waals surface area contributed by atoms with Gasteiger partial charge in [-0.05, 0) is 30.2 Å². The van der Waals surface area contributed by atoms with Crippen molar-refractivity contribution < 1.29 is 4.74 Å². The summed E-state index contributed by atoms with van der Waals surface area (Å²) in [6.07, 6.45) is 4.16. The van der Waals surface area contributed by atoms with Crippen LogP contribution < -0.4 is 10.1 Å². The molecule has 1 heterocycles. The first-order valence-electron chi connectivity index (χ1n) is 7.06. The minimum Gasteiger partial charge on any atom is -0.497 e.